The van der Waals surface area contributed by atoms with Crippen molar-refractivity contribution in [1.29, 1.82) is 0 Å². The second-order valence-electron chi connectivity index (χ2n) is 7.83. The van der Waals surface area contributed by atoms with Gasteiger partial charge in [0.1, 0.15) is 28.8 Å². The second-order valence-corrected chi connectivity index (χ2v) is 8.69. The predicted octanol–water partition coefficient (Wildman–Crippen LogP) is 3.50. The Morgan fingerprint density at radius 1 is 1.23 bits per heavy atom. The summed E-state index contributed by atoms with van der Waals surface area (Å²) in [6, 6.07) is 6.98. The van der Waals surface area contributed by atoms with Gasteiger partial charge < -0.3 is 14.6 Å². The highest BCUT2D eigenvalue weighted by atomic mass is 32.1. The fraction of sp³-hybridized carbons (Fsp3) is 0.300. The molecule has 10 nitrogen and oxygen atoms in total. The van der Waals surface area contributed by atoms with E-state index in [1.165, 1.54) is 17.7 Å². The smallest absolute Gasteiger partial charge is 0.271 e. The van der Waals surface area contributed by atoms with Crippen molar-refractivity contribution >= 4 is 17.2 Å². The monoisotopic (exact) mass is 439 g/mol. The summed E-state index contributed by atoms with van der Waals surface area (Å²) in [7, 11) is 1.62. The van der Waals surface area contributed by atoms with Crippen LogP contribution in [0.2, 0.25) is 0 Å². The van der Waals surface area contributed by atoms with Gasteiger partial charge in [-0.3, -0.25) is 9.89 Å². The molecule has 0 fully saturated rings. The van der Waals surface area contributed by atoms with E-state index in [2.05, 4.69) is 35.6 Å². The third-order valence-corrected chi connectivity index (χ3v) is 5.42. The van der Waals surface area contributed by atoms with E-state index in [1.54, 1.807) is 12.5 Å². The highest BCUT2D eigenvalue weighted by molar-refractivity contribution is 7.13. The summed E-state index contributed by atoms with van der Waals surface area (Å²) in [5.74, 6) is 1.37. The van der Waals surface area contributed by atoms with Crippen LogP contribution in [0.5, 0.6) is 5.75 Å². The molecule has 1 aromatic carbocycles. The number of aromatic amines is 1. The summed E-state index contributed by atoms with van der Waals surface area (Å²) in [5, 5.41) is 15.8. The molecule has 11 heteroatoms. The van der Waals surface area contributed by atoms with Crippen LogP contribution in [0.25, 0.3) is 22.2 Å². The molecule has 0 bridgehead atoms. The standard InChI is InChI=1S/C20H21N7O3S/c1-20(2,3)14(18-25-16(27-30-18)15-21-10-22-26-15)24-17(28)13-9-31-19(23-13)11-5-7-12(29-4)8-6-11/h5-10,14H,1-4H3,(H,24,28)(H,21,22,26). The van der Waals surface area contributed by atoms with E-state index in [1.807, 2.05) is 45.0 Å². The number of amides is 1. The van der Waals surface area contributed by atoms with Crippen LogP contribution in [-0.4, -0.2) is 43.3 Å². The lowest BCUT2D eigenvalue weighted by Gasteiger charge is -2.28. The normalized spacial score (nSPS) is 12.5. The Kier molecular flexibility index (Phi) is 5.51. The number of carbonyl (C=O) groups excluding carboxylic acids is 1. The van der Waals surface area contributed by atoms with E-state index in [4.69, 9.17) is 9.26 Å². The summed E-state index contributed by atoms with van der Waals surface area (Å²) >= 11 is 1.39. The van der Waals surface area contributed by atoms with E-state index >= 15 is 0 Å². The van der Waals surface area contributed by atoms with Gasteiger partial charge in [-0.2, -0.15) is 10.1 Å². The predicted molar refractivity (Wildman–Crippen MR) is 113 cm³/mol. The van der Waals surface area contributed by atoms with Gasteiger partial charge in [-0.15, -0.1) is 11.3 Å². The lowest BCUT2D eigenvalue weighted by atomic mass is 9.86. The van der Waals surface area contributed by atoms with Crippen LogP contribution >= 0.6 is 11.3 Å². The van der Waals surface area contributed by atoms with Crippen molar-refractivity contribution in [2.45, 2.75) is 26.8 Å². The van der Waals surface area contributed by atoms with Crippen molar-refractivity contribution in [2.75, 3.05) is 7.11 Å². The van der Waals surface area contributed by atoms with Crippen LogP contribution in [0.1, 0.15) is 43.2 Å². The van der Waals surface area contributed by atoms with Crippen LogP contribution in [0.3, 0.4) is 0 Å². The molecule has 31 heavy (non-hydrogen) atoms. The number of ether oxygens (including phenoxy) is 1. The van der Waals surface area contributed by atoms with Crippen LogP contribution in [0, 0.1) is 5.41 Å². The molecule has 0 spiro atoms. The van der Waals surface area contributed by atoms with Gasteiger partial charge in [0, 0.05) is 10.9 Å². The summed E-state index contributed by atoms with van der Waals surface area (Å²) in [6.45, 7) is 5.92. The minimum absolute atomic E-state index is 0.270. The van der Waals surface area contributed by atoms with E-state index in [-0.39, 0.29) is 17.6 Å². The average Bonchev–Trinajstić information content (AvgIpc) is 3.52. The molecular weight excluding hydrogens is 418 g/mol. The van der Waals surface area contributed by atoms with Crippen molar-refractivity contribution in [3.05, 3.63) is 47.6 Å². The Labute approximate surface area is 182 Å². The molecule has 1 unspecified atom stereocenters. The fourth-order valence-corrected chi connectivity index (χ4v) is 3.67. The van der Waals surface area contributed by atoms with Crippen LogP contribution < -0.4 is 10.1 Å². The molecule has 0 radical (unpaired) electrons. The molecule has 4 rings (SSSR count). The quantitative estimate of drug-likeness (QED) is 0.466. The molecule has 0 aliphatic carbocycles. The lowest BCUT2D eigenvalue weighted by Crippen LogP contribution is -2.37. The number of hydrogen-bond acceptors (Lipinski definition) is 9. The maximum Gasteiger partial charge on any atom is 0.271 e. The number of H-pyrrole nitrogens is 1. The number of rotatable bonds is 6. The van der Waals surface area contributed by atoms with Gasteiger partial charge >= 0.3 is 0 Å². The van der Waals surface area contributed by atoms with Gasteiger partial charge in [-0.25, -0.2) is 9.97 Å². The maximum absolute atomic E-state index is 13.0. The van der Waals surface area contributed by atoms with Gasteiger partial charge in [0.15, 0.2) is 5.82 Å². The average molecular weight is 440 g/mol. The van der Waals surface area contributed by atoms with Crippen LogP contribution in [0.15, 0.2) is 40.5 Å². The number of nitrogens with one attached hydrogen (secondary N) is 2. The third kappa shape index (κ3) is 4.45. The maximum atomic E-state index is 13.0. The molecule has 3 aromatic heterocycles. The summed E-state index contributed by atoms with van der Waals surface area (Å²) < 4.78 is 10.6. The van der Waals surface area contributed by atoms with Crippen molar-refractivity contribution in [3.8, 4) is 28.0 Å². The minimum atomic E-state index is -0.532. The number of benzene rings is 1. The molecule has 0 aliphatic rings. The largest absolute Gasteiger partial charge is 0.497 e. The van der Waals surface area contributed by atoms with Gasteiger partial charge in [0.05, 0.1) is 7.11 Å². The zero-order chi connectivity index (χ0) is 22.0. The van der Waals surface area contributed by atoms with Gasteiger partial charge in [0.2, 0.25) is 11.7 Å². The summed E-state index contributed by atoms with van der Waals surface area (Å²) in [5.41, 5.74) is 0.835. The molecule has 2 N–H and O–H groups in total. The Balaban J connectivity index is 1.54. The van der Waals surface area contributed by atoms with Gasteiger partial charge in [-0.1, -0.05) is 25.9 Å². The van der Waals surface area contributed by atoms with Gasteiger partial charge in [0.25, 0.3) is 5.91 Å². The molecule has 0 saturated heterocycles. The molecule has 4 aromatic rings. The first-order valence-electron chi connectivity index (χ1n) is 9.45. The molecule has 160 valence electrons. The van der Waals surface area contributed by atoms with Crippen molar-refractivity contribution < 1.29 is 14.1 Å². The highest BCUT2D eigenvalue weighted by Crippen LogP contribution is 2.33. The Hall–Kier alpha value is -3.60. The topological polar surface area (TPSA) is 132 Å². The number of hydrogen-bond donors (Lipinski definition) is 2. The van der Waals surface area contributed by atoms with Crippen LogP contribution in [-0.2, 0) is 0 Å². The molecule has 3 heterocycles. The Morgan fingerprint density at radius 3 is 2.65 bits per heavy atom. The SMILES string of the molecule is COc1ccc(-c2nc(C(=O)NC(c3nc(-c4ncn[nH]4)no3)C(C)(C)C)cs2)cc1. The van der Waals surface area contributed by atoms with Crippen molar-refractivity contribution in [2.24, 2.45) is 5.41 Å². The third-order valence-electron chi connectivity index (χ3n) is 4.53. The molecule has 1 atom stereocenters. The van der Waals surface area contributed by atoms with Gasteiger partial charge in [-0.05, 0) is 29.7 Å². The molecule has 0 saturated carbocycles. The number of aromatic nitrogens is 6. The lowest BCUT2D eigenvalue weighted by molar-refractivity contribution is 0.0876. The zero-order valence-electron chi connectivity index (χ0n) is 17.4. The van der Waals surface area contributed by atoms with E-state index in [9.17, 15) is 4.79 Å². The first-order chi connectivity index (χ1) is 14.8. The number of nitrogens with zero attached hydrogens (tertiary/aromatic N) is 5. The van der Waals surface area contributed by atoms with E-state index < -0.39 is 11.5 Å². The van der Waals surface area contributed by atoms with Crippen molar-refractivity contribution in [1.82, 2.24) is 35.6 Å². The fourth-order valence-electron chi connectivity index (χ4n) is 2.86. The molecule has 1 amide bonds. The first-order valence-corrected chi connectivity index (χ1v) is 10.3. The van der Waals surface area contributed by atoms with Crippen LogP contribution in [0.4, 0.5) is 0 Å². The van der Waals surface area contributed by atoms with Crippen molar-refractivity contribution in [3.63, 3.8) is 0 Å². The second kappa shape index (κ2) is 8.26. The Bertz CT molecular complexity index is 1160. The summed E-state index contributed by atoms with van der Waals surface area (Å²) in [4.78, 5) is 25.8. The molecular formula is C20H21N7O3S. The molecule has 0 aliphatic heterocycles. The Morgan fingerprint density at radius 2 is 2.00 bits per heavy atom. The highest BCUT2D eigenvalue weighted by Gasteiger charge is 2.34. The minimum Gasteiger partial charge on any atom is -0.497 e. The zero-order valence-corrected chi connectivity index (χ0v) is 18.2. The van der Waals surface area contributed by atoms with E-state index in [0.29, 0.717) is 11.5 Å². The number of thiazole rings is 1. The first kappa shape index (κ1) is 20.7. The number of methoxy groups -OCH3 is 1. The summed E-state index contributed by atoms with van der Waals surface area (Å²) in [6.07, 6.45) is 1.36. The number of carbonyl (C=O) groups is 1. The van der Waals surface area contributed by atoms with E-state index in [0.717, 1.165) is 16.3 Å².